The molecule has 2 heterocycles. The van der Waals surface area contributed by atoms with Crippen molar-refractivity contribution < 1.29 is 32.9 Å². The number of aromatic amines is 1. The molecule has 2 N–H and O–H groups in total. The molecule has 1 aliphatic rings. The number of carbonyl (C=O) groups excluding carboxylic acids is 1. The van der Waals surface area contributed by atoms with E-state index in [2.05, 4.69) is 4.74 Å². The molecule has 0 unspecified atom stereocenters. The van der Waals surface area contributed by atoms with Crippen LogP contribution in [0.4, 0.5) is 4.79 Å². The fourth-order valence-corrected chi connectivity index (χ4v) is 1.82. The molecule has 1 atom stereocenters. The quantitative estimate of drug-likeness (QED) is 0.887. The summed E-state index contributed by atoms with van der Waals surface area (Å²) in [6, 6.07) is -3.99. The number of amides is 1. The fraction of sp³-hybridized carbons (Fsp3) is 0.438. The number of nitrogens with zero attached hydrogens (tertiary/aromatic N) is 1. The van der Waals surface area contributed by atoms with E-state index in [-0.39, 0.29) is 5.31 Å². The van der Waals surface area contributed by atoms with Gasteiger partial charge in [0.25, 0.3) is 0 Å². The number of benzene rings is 1. The van der Waals surface area contributed by atoms with Gasteiger partial charge in [-0.2, -0.15) is 0 Å². The number of H-pyrrole nitrogens is 1. The number of hydrogen-bond donors (Lipinski definition) is 2. The van der Waals surface area contributed by atoms with Crippen molar-refractivity contribution in [2.45, 2.75) is 18.8 Å². The third kappa shape index (κ3) is 3.19. The van der Waals surface area contributed by atoms with Gasteiger partial charge in [-0.25, -0.2) is 4.79 Å². The number of fused-ring (bicyclic) bond motifs is 1. The number of hydrogen-bond acceptors (Lipinski definition) is 3. The summed E-state index contributed by atoms with van der Waals surface area (Å²) in [6.07, 6.45) is -5.03. The minimum Gasteiger partial charge on any atom is -0.447 e. The zero-order valence-electron chi connectivity index (χ0n) is 27.5. The van der Waals surface area contributed by atoms with Crippen molar-refractivity contribution in [3.05, 3.63) is 35.5 Å². The lowest BCUT2D eigenvalue weighted by Gasteiger charge is -2.09. The Hall–Kier alpha value is -2.01. The maximum absolute atomic E-state index is 11.7. The monoisotopic (exact) mass is 304 g/mol. The third-order valence-corrected chi connectivity index (χ3v) is 2.68. The smallest absolute Gasteiger partial charge is 0.407 e. The minimum absolute atomic E-state index is 0.131. The number of likely N-dealkylation sites (N-methyl/N-ethyl adjacent to an activating group) is 1. The van der Waals surface area contributed by atoms with Gasteiger partial charge in [0, 0.05) is 37.3 Å². The number of alkyl carbamates (subject to hydrolysis) is 1. The Balaban J connectivity index is 2.31. The second-order valence-corrected chi connectivity index (χ2v) is 4.16. The zero-order chi connectivity index (χ0) is 29.5. The zero-order valence-corrected chi connectivity index (χ0v) is 10.5. The van der Waals surface area contributed by atoms with Gasteiger partial charge in [-0.1, -0.05) is 6.04 Å². The molecule has 1 aliphatic heterocycles. The normalized spacial score (nSPS) is 35.5. The Kier molecular flexibility index (Phi) is 1.17. The molecule has 0 bridgehead atoms. The van der Waals surface area contributed by atoms with Gasteiger partial charge < -0.3 is 19.9 Å². The van der Waals surface area contributed by atoms with Gasteiger partial charge >= 0.3 is 6.09 Å². The van der Waals surface area contributed by atoms with Crippen LogP contribution in [0.2, 0.25) is 2.82 Å². The second kappa shape index (κ2) is 5.77. The van der Waals surface area contributed by atoms with Crippen LogP contribution < -0.4 is 5.31 Å². The molecule has 5 nitrogen and oxygen atoms in total. The van der Waals surface area contributed by atoms with E-state index in [9.17, 15) is 4.79 Å². The SMILES string of the molecule is [2H]c1c(C[C@@H]2N([2H])C(=O)OC2([2H])[2H])c([2H])c2c(C([2H])([2H])C([2H])([2H])N(C([2H])([2H])[2H])C([2H])([2H])[2H])cn([2H])c2c1[2H]. The largest absolute Gasteiger partial charge is 0.447 e. The van der Waals surface area contributed by atoms with Crippen LogP contribution in [-0.2, 0) is 17.5 Å². The Morgan fingerprint density at radius 2 is 2.57 bits per heavy atom. The predicted molar refractivity (Wildman–Crippen MR) is 82.5 cm³/mol. The third-order valence-electron chi connectivity index (χ3n) is 2.68. The van der Waals surface area contributed by atoms with Crippen LogP contribution in [0, 0.1) is 0 Å². The van der Waals surface area contributed by atoms with Gasteiger partial charge in [0.15, 0.2) is 2.82 Å². The molecule has 1 aromatic carbocycles. The summed E-state index contributed by atoms with van der Waals surface area (Å²) >= 11 is 0. The van der Waals surface area contributed by atoms with E-state index in [1.165, 1.54) is 0 Å². The van der Waals surface area contributed by atoms with E-state index in [1.54, 1.807) is 0 Å². The maximum atomic E-state index is 11.7. The first-order chi connectivity index (χ1) is 16.9. The van der Waals surface area contributed by atoms with E-state index < -0.39 is 97.0 Å². The van der Waals surface area contributed by atoms with Crippen molar-refractivity contribution in [2.75, 3.05) is 27.0 Å². The van der Waals surface area contributed by atoms with E-state index in [4.69, 9.17) is 23.4 Å². The van der Waals surface area contributed by atoms with Gasteiger partial charge in [-0.3, -0.25) is 0 Å². The molecular formula is C16H21N3O2. The molecule has 3 rings (SSSR count). The highest BCUT2D eigenvalue weighted by molar-refractivity contribution is 5.84. The number of nitrogens with one attached hydrogen (secondary N) is 2. The van der Waals surface area contributed by atoms with Crippen molar-refractivity contribution in [1.82, 2.24) is 15.2 Å². The standard InChI is InChI=1S/C16H21N3O2/c1-19(2)6-5-12-9-17-15-4-3-11(8-14(12)15)7-13-10-21-16(20)18-13/h3-4,8-9,13,17H,5-7,10H2,1-2H3,(H,18,20)/t13-/m0/s1/i1D3,2D3,3D,4D,5D2,6D2,8D,10D2/hD2. The molecule has 0 radical (unpaired) electrons. The van der Waals surface area contributed by atoms with Crippen LogP contribution in [0.5, 0.6) is 0 Å². The molecule has 1 aromatic heterocycles. The first-order valence-corrected chi connectivity index (χ1v) is 5.84. The molecule has 0 aliphatic carbocycles. The first-order valence-electron chi connectivity index (χ1n) is 14.2. The van der Waals surface area contributed by atoms with Crippen LogP contribution >= 0.6 is 0 Å². The molecular weight excluding hydrogens is 266 g/mol. The lowest BCUT2D eigenvalue weighted by Crippen LogP contribution is -2.28. The van der Waals surface area contributed by atoms with Gasteiger partial charge in [0.05, 0.1) is 12.9 Å². The maximum Gasteiger partial charge on any atom is 0.407 e. The van der Waals surface area contributed by atoms with Crippen molar-refractivity contribution in [1.29, 1.82) is 0 Å². The molecule has 5 heteroatoms. The van der Waals surface area contributed by atoms with Crippen LogP contribution in [0.1, 0.15) is 31.7 Å². The number of cyclic esters (lactones) is 1. The van der Waals surface area contributed by atoms with Crippen molar-refractivity contribution in [2.24, 2.45) is 0 Å². The van der Waals surface area contributed by atoms with Crippen LogP contribution in [0.3, 0.4) is 0 Å². The molecule has 0 spiro atoms. The highest BCUT2D eigenvalue weighted by atomic mass is 16.6. The van der Waals surface area contributed by atoms with Gasteiger partial charge in [-0.15, -0.1) is 0 Å². The van der Waals surface area contributed by atoms with E-state index >= 15 is 0 Å². The molecule has 2 aromatic rings. The Labute approximate surface area is 148 Å². The molecule has 1 fully saturated rings. The summed E-state index contributed by atoms with van der Waals surface area (Å²) in [7, 11) is 0. The fourth-order valence-electron chi connectivity index (χ4n) is 1.82. The number of ether oxygens (including phenoxy) is 1. The van der Waals surface area contributed by atoms with Gasteiger partial charge in [0.2, 0.25) is 0 Å². The summed E-state index contributed by atoms with van der Waals surface area (Å²) in [5.41, 5.74) is -1.91. The average molecular weight is 304 g/mol. The highest BCUT2D eigenvalue weighted by Gasteiger charge is 2.22. The second-order valence-electron chi connectivity index (χ2n) is 4.16. The van der Waals surface area contributed by atoms with E-state index in [0.717, 1.165) is 0 Å². The molecule has 112 valence electrons. The Bertz CT molecular complexity index is 1270. The van der Waals surface area contributed by atoms with E-state index in [0.29, 0.717) is 11.2 Å². The van der Waals surface area contributed by atoms with Crippen molar-refractivity contribution in [3.63, 3.8) is 0 Å². The molecule has 1 saturated heterocycles. The topological polar surface area (TPSA) is 57.4 Å². The lowest BCUT2D eigenvalue weighted by molar-refractivity contribution is 0.177. The first kappa shape index (κ1) is 4.26. The minimum atomic E-state index is -3.81. The summed E-state index contributed by atoms with van der Waals surface area (Å²) in [4.78, 5) is 11.4. The van der Waals surface area contributed by atoms with Crippen LogP contribution in [0.15, 0.2) is 24.3 Å². The molecule has 21 heavy (non-hydrogen) atoms. The molecule has 0 saturated carbocycles. The number of aromatic nitrogens is 1. The number of aryl methyl sites for hydroxylation is 1. The van der Waals surface area contributed by atoms with E-state index in [1.807, 2.05) is 0 Å². The average Bonchev–Trinajstić information content (AvgIpc) is 3.15. The molecule has 1 amide bonds. The number of carbonyl (C=O) groups is 1. The summed E-state index contributed by atoms with van der Waals surface area (Å²) in [6.45, 7) is -13.9. The summed E-state index contributed by atoms with van der Waals surface area (Å²) in [5.74, 6) is 0. The summed E-state index contributed by atoms with van der Waals surface area (Å²) < 4.78 is 140. The van der Waals surface area contributed by atoms with Crippen molar-refractivity contribution in [3.8, 4) is 0 Å². The van der Waals surface area contributed by atoms with Gasteiger partial charge in [-0.05, 0) is 50.0 Å². The Morgan fingerprint density at radius 3 is 3.33 bits per heavy atom. The van der Waals surface area contributed by atoms with Crippen molar-refractivity contribution >= 4 is 17.0 Å². The summed E-state index contributed by atoms with van der Waals surface area (Å²) in [5, 5.41) is -0.505. The van der Waals surface area contributed by atoms with Crippen LogP contribution in [-0.4, -0.2) is 49.0 Å². The highest BCUT2D eigenvalue weighted by Crippen LogP contribution is 2.21. The number of rotatable bonds is 5. The van der Waals surface area contributed by atoms with Gasteiger partial charge in [0.1, 0.15) is 6.56 Å². The predicted octanol–water partition coefficient (Wildman–Crippen LogP) is 1.92. The lowest BCUT2D eigenvalue weighted by atomic mass is 10.0. The van der Waals surface area contributed by atoms with Crippen LogP contribution in [0.25, 0.3) is 10.9 Å². The Morgan fingerprint density at radius 1 is 1.67 bits per heavy atom.